The van der Waals surface area contributed by atoms with Crippen LogP contribution in [0.25, 0.3) is 0 Å². The van der Waals surface area contributed by atoms with Crippen LogP contribution in [0.4, 0.5) is 0 Å². The molecule has 71 heavy (non-hydrogen) atoms. The van der Waals surface area contributed by atoms with Crippen LogP contribution >= 0.6 is 0 Å². The van der Waals surface area contributed by atoms with Gasteiger partial charge in [0.1, 0.15) is 0 Å². The summed E-state index contributed by atoms with van der Waals surface area (Å²) in [7, 11) is 0. The summed E-state index contributed by atoms with van der Waals surface area (Å²) in [5, 5.41) is 23.2. The predicted octanol–water partition coefficient (Wildman–Crippen LogP) is 19.7. The number of rotatable bonds is 58. The number of carbonyl (C=O) groups excluding carboxylic acids is 2. The van der Waals surface area contributed by atoms with Crippen molar-refractivity contribution in [2.45, 2.75) is 341 Å². The van der Waals surface area contributed by atoms with E-state index < -0.39 is 12.1 Å². The molecule has 3 N–H and O–H groups in total. The number of amides is 1. The lowest BCUT2D eigenvalue weighted by Gasteiger charge is -2.20. The highest BCUT2D eigenvalue weighted by Gasteiger charge is 2.18. The Kier molecular flexibility index (Phi) is 58.5. The van der Waals surface area contributed by atoms with Gasteiger partial charge in [-0.1, -0.05) is 281 Å². The van der Waals surface area contributed by atoms with E-state index in [0.29, 0.717) is 19.4 Å². The van der Waals surface area contributed by atoms with E-state index in [1.54, 1.807) is 6.08 Å². The normalized spacial score (nSPS) is 12.9. The van der Waals surface area contributed by atoms with E-state index in [-0.39, 0.29) is 18.5 Å². The van der Waals surface area contributed by atoms with Crippen LogP contribution < -0.4 is 5.32 Å². The molecule has 0 aromatic rings. The Bertz CT molecular complexity index is 1190. The second kappa shape index (κ2) is 60.4. The van der Waals surface area contributed by atoms with Crippen molar-refractivity contribution >= 4 is 11.9 Å². The number of unbranched alkanes of at least 4 members (excludes halogenated alkanes) is 41. The van der Waals surface area contributed by atoms with E-state index in [4.69, 9.17) is 4.74 Å². The molecule has 0 aliphatic heterocycles. The molecule has 0 aliphatic rings. The van der Waals surface area contributed by atoms with Crippen LogP contribution in [0.1, 0.15) is 328 Å². The number of esters is 1. The molecule has 1 amide bonds. The summed E-state index contributed by atoms with van der Waals surface area (Å²) in [4.78, 5) is 24.5. The zero-order chi connectivity index (χ0) is 51.4. The van der Waals surface area contributed by atoms with Crippen LogP contribution in [0.2, 0.25) is 0 Å². The highest BCUT2D eigenvalue weighted by molar-refractivity contribution is 5.76. The van der Waals surface area contributed by atoms with E-state index in [0.717, 1.165) is 57.8 Å². The molecule has 2 unspecified atom stereocenters. The van der Waals surface area contributed by atoms with Crippen LogP contribution in [-0.4, -0.2) is 47.4 Å². The zero-order valence-electron chi connectivity index (χ0n) is 47.5. The minimum Gasteiger partial charge on any atom is -0.466 e. The smallest absolute Gasteiger partial charge is 0.305 e. The van der Waals surface area contributed by atoms with Crippen molar-refractivity contribution in [1.82, 2.24) is 5.32 Å². The quantitative estimate of drug-likeness (QED) is 0.0321. The van der Waals surface area contributed by atoms with E-state index in [9.17, 15) is 19.8 Å². The molecule has 6 heteroatoms. The van der Waals surface area contributed by atoms with Gasteiger partial charge in [0, 0.05) is 12.8 Å². The monoisotopic (exact) mass is 996 g/mol. The van der Waals surface area contributed by atoms with Crippen LogP contribution in [0, 0.1) is 0 Å². The third-order valence-electron chi connectivity index (χ3n) is 14.3. The van der Waals surface area contributed by atoms with Crippen molar-refractivity contribution in [3.63, 3.8) is 0 Å². The average molecular weight is 997 g/mol. The second-order valence-corrected chi connectivity index (χ2v) is 21.4. The second-order valence-electron chi connectivity index (χ2n) is 21.4. The first-order valence-corrected chi connectivity index (χ1v) is 31.4. The molecule has 0 fully saturated rings. The van der Waals surface area contributed by atoms with Gasteiger partial charge < -0.3 is 20.3 Å². The summed E-state index contributed by atoms with van der Waals surface area (Å²) in [6.45, 7) is 4.87. The Morgan fingerprint density at radius 1 is 0.394 bits per heavy atom. The molecule has 0 spiro atoms. The summed E-state index contributed by atoms with van der Waals surface area (Å²) in [6.07, 6.45) is 77.2. The van der Waals surface area contributed by atoms with Gasteiger partial charge in [0.15, 0.2) is 0 Å². The van der Waals surface area contributed by atoms with Crippen LogP contribution in [0.15, 0.2) is 48.6 Å². The van der Waals surface area contributed by atoms with Crippen molar-refractivity contribution in [3.8, 4) is 0 Å². The number of allylic oxidation sites excluding steroid dienone is 7. The Morgan fingerprint density at radius 2 is 0.718 bits per heavy atom. The first-order chi connectivity index (χ1) is 35.0. The number of aliphatic hydroxyl groups is 2. The molecule has 0 saturated heterocycles. The molecule has 0 bridgehead atoms. The SMILES string of the molecule is CCCC/C=C\C/C=C\CCCCCCCC(=O)OCCCCCCCCCCCCCC/C=C\CCCCCCCCCC(=O)NC(CO)C(O)/C=C/CCCCCCCCCCCCCCCCC. The van der Waals surface area contributed by atoms with E-state index in [2.05, 4.69) is 55.6 Å². The molecular formula is C65H121NO5. The third kappa shape index (κ3) is 57.0. The molecule has 6 nitrogen and oxygen atoms in total. The van der Waals surface area contributed by atoms with Crippen molar-refractivity contribution in [2.75, 3.05) is 13.2 Å². The van der Waals surface area contributed by atoms with Gasteiger partial charge in [-0.3, -0.25) is 9.59 Å². The zero-order valence-corrected chi connectivity index (χ0v) is 47.5. The maximum Gasteiger partial charge on any atom is 0.305 e. The van der Waals surface area contributed by atoms with E-state index in [1.807, 2.05) is 6.08 Å². The van der Waals surface area contributed by atoms with Crippen molar-refractivity contribution in [3.05, 3.63) is 48.6 Å². The summed E-state index contributed by atoms with van der Waals surface area (Å²) in [5.41, 5.74) is 0. The largest absolute Gasteiger partial charge is 0.466 e. The number of nitrogens with one attached hydrogen (secondary N) is 1. The van der Waals surface area contributed by atoms with Gasteiger partial charge in [-0.15, -0.1) is 0 Å². The molecule has 0 aromatic heterocycles. The van der Waals surface area contributed by atoms with Crippen LogP contribution in [0.3, 0.4) is 0 Å². The maximum atomic E-state index is 12.5. The number of carbonyl (C=O) groups is 2. The summed E-state index contributed by atoms with van der Waals surface area (Å²) in [6, 6.07) is -0.633. The van der Waals surface area contributed by atoms with Gasteiger partial charge in [0.05, 0.1) is 25.4 Å². The summed E-state index contributed by atoms with van der Waals surface area (Å²) < 4.78 is 5.47. The Labute approximate surface area is 442 Å². The minimum absolute atomic E-state index is 0.00394. The molecule has 416 valence electrons. The van der Waals surface area contributed by atoms with Crippen molar-refractivity contribution < 1.29 is 24.5 Å². The number of aliphatic hydroxyl groups excluding tert-OH is 2. The predicted molar refractivity (Wildman–Crippen MR) is 310 cm³/mol. The Hall–Kier alpha value is -2.18. The lowest BCUT2D eigenvalue weighted by atomic mass is 10.0. The fourth-order valence-electron chi connectivity index (χ4n) is 9.47. The van der Waals surface area contributed by atoms with Crippen molar-refractivity contribution in [2.24, 2.45) is 0 Å². The Balaban J connectivity index is 3.45. The molecule has 2 atom stereocenters. The first-order valence-electron chi connectivity index (χ1n) is 31.4. The van der Waals surface area contributed by atoms with E-state index >= 15 is 0 Å². The standard InChI is InChI=1S/C65H121NO5/c1-3-5-7-9-11-13-15-17-19-27-30-33-37-41-45-49-53-57-63(68)62(61-67)66-64(69)58-54-50-46-42-38-34-31-28-25-23-21-20-22-24-26-29-32-36-40-44-48-52-56-60-71-65(70)59-55-51-47-43-39-35-18-16-14-12-10-8-6-4-2/h10,12,16,18,23,25,53,57,62-63,67-68H,3-9,11,13-15,17,19-22,24,26-52,54-56,58-61H2,1-2H3,(H,66,69)/b12-10-,18-16-,25-23-,57-53+. The van der Waals surface area contributed by atoms with Crippen LogP contribution in [-0.2, 0) is 14.3 Å². The fourth-order valence-corrected chi connectivity index (χ4v) is 9.47. The van der Waals surface area contributed by atoms with E-state index in [1.165, 1.54) is 244 Å². The molecule has 0 aromatic carbocycles. The lowest BCUT2D eigenvalue weighted by Crippen LogP contribution is -2.45. The number of ether oxygens (including phenoxy) is 1. The first kappa shape index (κ1) is 68.8. The lowest BCUT2D eigenvalue weighted by molar-refractivity contribution is -0.143. The van der Waals surface area contributed by atoms with Gasteiger partial charge >= 0.3 is 5.97 Å². The molecule has 0 radical (unpaired) electrons. The third-order valence-corrected chi connectivity index (χ3v) is 14.3. The molecule has 0 saturated carbocycles. The van der Waals surface area contributed by atoms with Gasteiger partial charge in [0.25, 0.3) is 0 Å². The number of hydrogen-bond acceptors (Lipinski definition) is 5. The topological polar surface area (TPSA) is 95.9 Å². The average Bonchev–Trinajstić information content (AvgIpc) is 3.37. The summed E-state index contributed by atoms with van der Waals surface area (Å²) >= 11 is 0. The maximum absolute atomic E-state index is 12.5. The molecular weight excluding hydrogens is 875 g/mol. The van der Waals surface area contributed by atoms with Gasteiger partial charge in [-0.25, -0.2) is 0 Å². The highest BCUT2D eigenvalue weighted by Crippen LogP contribution is 2.17. The fraction of sp³-hybridized carbons (Fsp3) is 0.846. The van der Waals surface area contributed by atoms with Crippen LogP contribution in [0.5, 0.6) is 0 Å². The number of hydrogen-bond donors (Lipinski definition) is 3. The molecule has 0 rings (SSSR count). The summed E-state index contributed by atoms with van der Waals surface area (Å²) in [5.74, 6) is -0.0772. The van der Waals surface area contributed by atoms with Gasteiger partial charge in [0.2, 0.25) is 5.91 Å². The Morgan fingerprint density at radius 3 is 1.13 bits per heavy atom. The molecule has 0 heterocycles. The van der Waals surface area contributed by atoms with Crippen molar-refractivity contribution in [1.29, 1.82) is 0 Å². The highest BCUT2D eigenvalue weighted by atomic mass is 16.5. The minimum atomic E-state index is -0.849. The van der Waals surface area contributed by atoms with Gasteiger partial charge in [-0.2, -0.15) is 0 Å². The van der Waals surface area contributed by atoms with Gasteiger partial charge in [-0.05, 0) is 83.5 Å². The molecule has 0 aliphatic carbocycles.